The third kappa shape index (κ3) is 2.51. The van der Waals surface area contributed by atoms with Gasteiger partial charge in [0, 0.05) is 12.7 Å². The van der Waals surface area contributed by atoms with E-state index in [4.69, 9.17) is 0 Å². The van der Waals surface area contributed by atoms with Crippen molar-refractivity contribution in [3.8, 4) is 0 Å². The van der Waals surface area contributed by atoms with Gasteiger partial charge in [0.1, 0.15) is 5.82 Å². The number of hydrogen-bond acceptors (Lipinski definition) is 3. The van der Waals surface area contributed by atoms with Crippen LogP contribution in [-0.4, -0.2) is 39.1 Å². The highest BCUT2D eigenvalue weighted by molar-refractivity contribution is 5.94. The van der Waals surface area contributed by atoms with Crippen LogP contribution in [0, 0.1) is 5.82 Å². The topological polar surface area (TPSA) is 53.4 Å². The van der Waals surface area contributed by atoms with Crippen LogP contribution in [0.25, 0.3) is 0 Å². The molecule has 4 nitrogen and oxygen atoms in total. The summed E-state index contributed by atoms with van der Waals surface area (Å²) in [7, 11) is 0. The number of carbonyl (C=O) groups excluding carboxylic acids is 1. The van der Waals surface area contributed by atoms with Gasteiger partial charge in [0.2, 0.25) is 0 Å². The molecule has 1 saturated heterocycles. The summed E-state index contributed by atoms with van der Waals surface area (Å²) >= 11 is 0. The first-order valence-corrected chi connectivity index (χ1v) is 6.03. The highest BCUT2D eigenvalue weighted by Gasteiger charge is 2.38. The zero-order valence-corrected chi connectivity index (χ0v) is 10.6. The summed E-state index contributed by atoms with van der Waals surface area (Å²) in [5.74, 6) is -0.800. The van der Waals surface area contributed by atoms with Crippen molar-refractivity contribution in [2.75, 3.05) is 6.54 Å². The molecule has 0 bridgehead atoms. The van der Waals surface area contributed by atoms with Crippen molar-refractivity contribution >= 4 is 5.91 Å². The molecule has 1 amide bonds. The van der Waals surface area contributed by atoms with Gasteiger partial charge >= 0.3 is 0 Å². The van der Waals surface area contributed by atoms with E-state index in [1.54, 1.807) is 18.7 Å². The van der Waals surface area contributed by atoms with Crippen LogP contribution in [0.5, 0.6) is 0 Å². The molecule has 0 aliphatic carbocycles. The Labute approximate surface area is 105 Å². The zero-order valence-electron chi connectivity index (χ0n) is 10.6. The maximum absolute atomic E-state index is 13.1. The molecule has 18 heavy (non-hydrogen) atoms. The Morgan fingerprint density at radius 3 is 2.89 bits per heavy atom. The second-order valence-corrected chi connectivity index (χ2v) is 5.20. The van der Waals surface area contributed by atoms with Gasteiger partial charge in [0.15, 0.2) is 0 Å². The monoisotopic (exact) mass is 252 g/mol. The molecule has 0 radical (unpaired) electrons. The van der Waals surface area contributed by atoms with E-state index in [1.165, 1.54) is 12.3 Å². The molecule has 5 heteroatoms. The number of aliphatic hydroxyl groups is 1. The van der Waals surface area contributed by atoms with Crippen molar-refractivity contribution in [1.29, 1.82) is 0 Å². The van der Waals surface area contributed by atoms with Crippen LogP contribution in [0.2, 0.25) is 0 Å². The van der Waals surface area contributed by atoms with E-state index in [-0.39, 0.29) is 17.5 Å². The van der Waals surface area contributed by atoms with E-state index >= 15 is 0 Å². The van der Waals surface area contributed by atoms with Crippen molar-refractivity contribution in [3.05, 3.63) is 29.8 Å². The van der Waals surface area contributed by atoms with Gasteiger partial charge in [-0.15, -0.1) is 0 Å². The van der Waals surface area contributed by atoms with Crippen molar-refractivity contribution in [2.45, 2.75) is 38.3 Å². The molecule has 0 saturated carbocycles. The van der Waals surface area contributed by atoms with Crippen LogP contribution in [-0.2, 0) is 0 Å². The van der Waals surface area contributed by atoms with Crippen molar-refractivity contribution in [2.24, 2.45) is 0 Å². The van der Waals surface area contributed by atoms with E-state index in [0.717, 1.165) is 19.0 Å². The molecule has 1 N–H and O–H groups in total. The molecule has 2 heterocycles. The Morgan fingerprint density at radius 2 is 2.28 bits per heavy atom. The summed E-state index contributed by atoms with van der Waals surface area (Å²) in [5, 5.41) is 10.1. The lowest BCUT2D eigenvalue weighted by atomic mass is 9.96. The van der Waals surface area contributed by atoms with Gasteiger partial charge in [-0.05, 0) is 32.8 Å². The first-order chi connectivity index (χ1) is 8.39. The van der Waals surface area contributed by atoms with E-state index in [9.17, 15) is 14.3 Å². The maximum Gasteiger partial charge on any atom is 0.255 e. The SMILES string of the molecule is CC(C)(O)[C@@H]1CCCN1C(=O)c1cncc(F)c1. The van der Waals surface area contributed by atoms with Crippen LogP contribution in [0.4, 0.5) is 4.39 Å². The lowest BCUT2D eigenvalue weighted by Gasteiger charge is -2.33. The van der Waals surface area contributed by atoms with Crippen LogP contribution in [0.1, 0.15) is 37.0 Å². The Hall–Kier alpha value is -1.49. The number of pyridine rings is 1. The quantitative estimate of drug-likeness (QED) is 0.869. The summed E-state index contributed by atoms with van der Waals surface area (Å²) < 4.78 is 13.1. The normalized spacial score (nSPS) is 20.2. The number of likely N-dealkylation sites (tertiary alicyclic amines) is 1. The third-order valence-electron chi connectivity index (χ3n) is 3.28. The Balaban J connectivity index is 2.23. The summed E-state index contributed by atoms with van der Waals surface area (Å²) in [6, 6.07) is 0.947. The lowest BCUT2D eigenvalue weighted by Crippen LogP contribution is -2.48. The summed E-state index contributed by atoms with van der Waals surface area (Å²) in [5.41, 5.74) is -0.724. The fourth-order valence-corrected chi connectivity index (χ4v) is 2.44. The van der Waals surface area contributed by atoms with Crippen LogP contribution in [0.3, 0.4) is 0 Å². The molecule has 1 fully saturated rings. The molecule has 2 rings (SSSR count). The minimum Gasteiger partial charge on any atom is -0.388 e. The first-order valence-electron chi connectivity index (χ1n) is 6.03. The highest BCUT2D eigenvalue weighted by atomic mass is 19.1. The molecule has 0 aromatic carbocycles. The van der Waals surface area contributed by atoms with Crippen LogP contribution >= 0.6 is 0 Å². The van der Waals surface area contributed by atoms with Gasteiger partial charge in [-0.1, -0.05) is 0 Å². The number of nitrogens with zero attached hydrogens (tertiary/aromatic N) is 2. The second kappa shape index (κ2) is 4.65. The Kier molecular flexibility index (Phi) is 3.34. The fourth-order valence-electron chi connectivity index (χ4n) is 2.44. The van der Waals surface area contributed by atoms with Gasteiger partial charge in [-0.25, -0.2) is 4.39 Å². The molecular formula is C13H17FN2O2. The minimum atomic E-state index is -0.951. The molecule has 1 aromatic heterocycles. The maximum atomic E-state index is 13.1. The lowest BCUT2D eigenvalue weighted by molar-refractivity contribution is 0.000306. The standard InChI is InChI=1S/C13H17FN2O2/c1-13(2,18)11-4-3-5-16(11)12(17)9-6-10(14)8-15-7-9/h6-8,11,18H,3-5H2,1-2H3/t11-/m0/s1. The molecule has 0 spiro atoms. The number of hydrogen-bond donors (Lipinski definition) is 1. The van der Waals surface area contributed by atoms with Crippen molar-refractivity contribution < 1.29 is 14.3 Å². The molecule has 1 aliphatic heterocycles. The van der Waals surface area contributed by atoms with E-state index in [0.29, 0.717) is 6.54 Å². The number of rotatable bonds is 2. The van der Waals surface area contributed by atoms with Gasteiger partial charge in [-0.2, -0.15) is 0 Å². The number of aromatic nitrogens is 1. The van der Waals surface area contributed by atoms with E-state index in [2.05, 4.69) is 4.98 Å². The summed E-state index contributed by atoms with van der Waals surface area (Å²) in [6.45, 7) is 3.96. The van der Waals surface area contributed by atoms with E-state index < -0.39 is 11.4 Å². The van der Waals surface area contributed by atoms with Gasteiger partial charge < -0.3 is 10.0 Å². The Morgan fingerprint density at radius 1 is 1.56 bits per heavy atom. The third-order valence-corrected chi connectivity index (χ3v) is 3.28. The zero-order chi connectivity index (χ0) is 13.3. The minimum absolute atomic E-state index is 0.228. The van der Waals surface area contributed by atoms with Gasteiger partial charge in [0.05, 0.1) is 23.4 Å². The number of carbonyl (C=O) groups is 1. The Bertz CT molecular complexity index is 457. The van der Waals surface area contributed by atoms with Crippen LogP contribution < -0.4 is 0 Å². The van der Waals surface area contributed by atoms with E-state index in [1.807, 2.05) is 0 Å². The number of halogens is 1. The average molecular weight is 252 g/mol. The summed E-state index contributed by atoms with van der Waals surface area (Å²) in [4.78, 5) is 17.6. The van der Waals surface area contributed by atoms with Crippen LogP contribution in [0.15, 0.2) is 18.5 Å². The fraction of sp³-hybridized carbons (Fsp3) is 0.538. The predicted octanol–water partition coefficient (Wildman–Crippen LogP) is 1.60. The van der Waals surface area contributed by atoms with Crippen molar-refractivity contribution in [3.63, 3.8) is 0 Å². The summed E-state index contributed by atoms with van der Waals surface area (Å²) in [6.07, 6.45) is 4.03. The molecule has 1 atom stereocenters. The van der Waals surface area contributed by atoms with Gasteiger partial charge in [-0.3, -0.25) is 9.78 Å². The highest BCUT2D eigenvalue weighted by Crippen LogP contribution is 2.28. The first kappa shape index (κ1) is 13.0. The smallest absolute Gasteiger partial charge is 0.255 e. The molecular weight excluding hydrogens is 235 g/mol. The predicted molar refractivity (Wildman–Crippen MR) is 64.6 cm³/mol. The molecule has 1 aromatic rings. The average Bonchev–Trinajstić information content (AvgIpc) is 2.76. The van der Waals surface area contributed by atoms with Gasteiger partial charge in [0.25, 0.3) is 5.91 Å². The molecule has 98 valence electrons. The molecule has 1 aliphatic rings. The molecule has 0 unspecified atom stereocenters. The number of amides is 1. The largest absolute Gasteiger partial charge is 0.388 e. The van der Waals surface area contributed by atoms with Crippen molar-refractivity contribution in [1.82, 2.24) is 9.88 Å². The second-order valence-electron chi connectivity index (χ2n) is 5.20.